The fraction of sp³-hybridized carbons (Fsp3) is 0.357. The standard InChI is InChI=1S/C28H29F3N4O3/c1-36-26-14-19(8-9-25(26)38-28(29,30)31)15-32-11-4-5-13-37-20-17-35(18-20)27-22-10-12-33-16-23(22)21-6-2-3-7-24(21)34-27/h2-3,6-10,12,14,16,20,32H,4-5,11,13,15,17-18H2,1H3. The van der Waals surface area contributed by atoms with Crippen LogP contribution in [0.5, 0.6) is 11.5 Å². The molecule has 0 unspecified atom stereocenters. The summed E-state index contributed by atoms with van der Waals surface area (Å²) in [7, 11) is 1.31. The van der Waals surface area contributed by atoms with Crippen LogP contribution in [0.15, 0.2) is 60.9 Å². The summed E-state index contributed by atoms with van der Waals surface area (Å²) >= 11 is 0. The van der Waals surface area contributed by atoms with Crippen molar-refractivity contribution >= 4 is 27.5 Å². The molecule has 0 atom stereocenters. The average molecular weight is 527 g/mol. The van der Waals surface area contributed by atoms with Gasteiger partial charge < -0.3 is 24.4 Å². The first kappa shape index (κ1) is 26.0. The number of hydrogen-bond donors (Lipinski definition) is 1. The van der Waals surface area contributed by atoms with Crippen LogP contribution < -0.4 is 19.7 Å². The Hall–Kier alpha value is -3.63. The largest absolute Gasteiger partial charge is 0.573 e. The topological polar surface area (TPSA) is 68.7 Å². The number of fused-ring (bicyclic) bond motifs is 3. The van der Waals surface area contributed by atoms with E-state index in [0.717, 1.165) is 65.5 Å². The first-order chi connectivity index (χ1) is 18.4. The van der Waals surface area contributed by atoms with Gasteiger partial charge in [0.1, 0.15) is 5.82 Å². The Morgan fingerprint density at radius 1 is 1.00 bits per heavy atom. The van der Waals surface area contributed by atoms with Crippen molar-refractivity contribution in [2.24, 2.45) is 0 Å². The highest BCUT2D eigenvalue weighted by Gasteiger charge is 2.32. The fourth-order valence-electron chi connectivity index (χ4n) is 4.60. The van der Waals surface area contributed by atoms with Gasteiger partial charge in [0, 0.05) is 54.8 Å². The maximum absolute atomic E-state index is 12.5. The molecule has 0 amide bonds. The molecule has 2 aromatic carbocycles. The van der Waals surface area contributed by atoms with E-state index in [-0.39, 0.29) is 17.6 Å². The number of methoxy groups -OCH3 is 1. The van der Waals surface area contributed by atoms with Crippen molar-refractivity contribution in [3.8, 4) is 11.5 Å². The number of aromatic nitrogens is 2. The van der Waals surface area contributed by atoms with Crippen molar-refractivity contribution in [1.82, 2.24) is 15.3 Å². The number of hydrogen-bond acceptors (Lipinski definition) is 7. The molecule has 200 valence electrons. The van der Waals surface area contributed by atoms with Gasteiger partial charge in [-0.3, -0.25) is 4.98 Å². The second kappa shape index (κ2) is 11.4. The highest BCUT2D eigenvalue weighted by atomic mass is 19.4. The molecule has 3 heterocycles. The van der Waals surface area contributed by atoms with E-state index in [1.54, 1.807) is 18.3 Å². The number of rotatable bonds is 11. The minimum atomic E-state index is -4.76. The second-order valence-corrected chi connectivity index (χ2v) is 9.19. The summed E-state index contributed by atoms with van der Waals surface area (Å²) in [5.41, 5.74) is 1.77. The van der Waals surface area contributed by atoms with Crippen molar-refractivity contribution in [2.45, 2.75) is 31.9 Å². The maximum atomic E-state index is 12.5. The average Bonchev–Trinajstić information content (AvgIpc) is 2.88. The Morgan fingerprint density at radius 2 is 1.84 bits per heavy atom. The Morgan fingerprint density at radius 3 is 2.66 bits per heavy atom. The van der Waals surface area contributed by atoms with Gasteiger partial charge in [-0.15, -0.1) is 13.2 Å². The zero-order valence-corrected chi connectivity index (χ0v) is 21.0. The van der Waals surface area contributed by atoms with Crippen molar-refractivity contribution in [2.75, 3.05) is 38.3 Å². The highest BCUT2D eigenvalue weighted by Crippen LogP contribution is 2.34. The molecule has 1 aliphatic heterocycles. The quantitative estimate of drug-likeness (QED) is 0.205. The number of unbranched alkanes of at least 4 members (excludes halogenated alkanes) is 1. The van der Waals surface area contributed by atoms with Crippen LogP contribution in [0.4, 0.5) is 19.0 Å². The van der Waals surface area contributed by atoms with E-state index in [0.29, 0.717) is 13.2 Å². The summed E-state index contributed by atoms with van der Waals surface area (Å²) in [6.45, 7) is 3.56. The molecule has 2 aromatic heterocycles. The van der Waals surface area contributed by atoms with Crippen molar-refractivity contribution in [3.05, 3.63) is 66.5 Å². The molecule has 1 saturated heterocycles. The first-order valence-electron chi connectivity index (χ1n) is 12.5. The second-order valence-electron chi connectivity index (χ2n) is 9.19. The van der Waals surface area contributed by atoms with Crippen LogP contribution in [0.3, 0.4) is 0 Å². The summed E-state index contributed by atoms with van der Waals surface area (Å²) in [6, 6.07) is 14.5. The van der Waals surface area contributed by atoms with Crippen LogP contribution in [-0.4, -0.2) is 55.8 Å². The molecule has 38 heavy (non-hydrogen) atoms. The van der Waals surface area contributed by atoms with Gasteiger partial charge in [0.15, 0.2) is 11.5 Å². The van der Waals surface area contributed by atoms with Gasteiger partial charge in [0.05, 0.1) is 18.7 Å². The van der Waals surface area contributed by atoms with E-state index in [9.17, 15) is 13.2 Å². The highest BCUT2D eigenvalue weighted by molar-refractivity contribution is 6.09. The van der Waals surface area contributed by atoms with Crippen molar-refractivity contribution < 1.29 is 27.4 Å². The number of pyridine rings is 2. The molecular formula is C28H29F3N4O3. The molecule has 0 saturated carbocycles. The SMILES string of the molecule is COc1cc(CNCCCCOC2CN(c3nc4ccccc4c4cnccc34)C2)ccc1OC(F)(F)F. The third kappa shape index (κ3) is 6.08. The van der Waals surface area contributed by atoms with Gasteiger partial charge in [0.25, 0.3) is 0 Å². The predicted molar refractivity (Wildman–Crippen MR) is 140 cm³/mol. The van der Waals surface area contributed by atoms with Crippen LogP contribution in [0, 0.1) is 0 Å². The molecule has 1 N–H and O–H groups in total. The minimum absolute atomic E-state index is 0.0492. The number of nitrogens with one attached hydrogen (secondary N) is 1. The number of para-hydroxylation sites is 1. The number of ether oxygens (including phenoxy) is 3. The Balaban J connectivity index is 1.03. The molecule has 5 rings (SSSR count). The smallest absolute Gasteiger partial charge is 0.493 e. The van der Waals surface area contributed by atoms with Gasteiger partial charge in [-0.05, 0) is 49.2 Å². The molecular weight excluding hydrogens is 497 g/mol. The molecule has 4 aromatic rings. The number of halogens is 3. The molecule has 0 aliphatic carbocycles. The van der Waals surface area contributed by atoms with E-state index in [1.807, 2.05) is 30.5 Å². The number of nitrogens with zero attached hydrogens (tertiary/aromatic N) is 3. The minimum Gasteiger partial charge on any atom is -0.493 e. The lowest BCUT2D eigenvalue weighted by atomic mass is 10.1. The third-order valence-electron chi connectivity index (χ3n) is 6.51. The summed E-state index contributed by atoms with van der Waals surface area (Å²) in [5, 5.41) is 6.61. The maximum Gasteiger partial charge on any atom is 0.573 e. The zero-order valence-electron chi connectivity index (χ0n) is 21.0. The van der Waals surface area contributed by atoms with Crippen LogP contribution in [0.2, 0.25) is 0 Å². The van der Waals surface area contributed by atoms with Gasteiger partial charge >= 0.3 is 6.36 Å². The molecule has 0 spiro atoms. The van der Waals surface area contributed by atoms with E-state index in [4.69, 9.17) is 14.5 Å². The van der Waals surface area contributed by atoms with Gasteiger partial charge in [-0.25, -0.2) is 4.98 Å². The van der Waals surface area contributed by atoms with Gasteiger partial charge in [-0.2, -0.15) is 0 Å². The van der Waals surface area contributed by atoms with E-state index < -0.39 is 6.36 Å². The van der Waals surface area contributed by atoms with Gasteiger partial charge in [-0.1, -0.05) is 24.3 Å². The Bertz CT molecular complexity index is 1390. The number of benzene rings is 2. The summed E-state index contributed by atoms with van der Waals surface area (Å²) < 4.78 is 52.5. The third-order valence-corrected chi connectivity index (χ3v) is 6.51. The fourth-order valence-corrected chi connectivity index (χ4v) is 4.60. The van der Waals surface area contributed by atoms with E-state index in [2.05, 4.69) is 26.0 Å². The molecule has 1 fully saturated rings. The Labute approximate surface area is 218 Å². The lowest BCUT2D eigenvalue weighted by molar-refractivity contribution is -0.275. The van der Waals surface area contributed by atoms with Crippen LogP contribution in [-0.2, 0) is 11.3 Å². The summed E-state index contributed by atoms with van der Waals surface area (Å²) in [4.78, 5) is 11.5. The number of anilines is 1. The normalized spacial score (nSPS) is 14.2. The molecule has 10 heteroatoms. The lowest BCUT2D eigenvalue weighted by Crippen LogP contribution is -2.52. The molecule has 0 bridgehead atoms. The number of alkyl halides is 3. The zero-order chi connectivity index (χ0) is 26.5. The van der Waals surface area contributed by atoms with Crippen LogP contribution >= 0.6 is 0 Å². The van der Waals surface area contributed by atoms with Crippen molar-refractivity contribution in [1.29, 1.82) is 0 Å². The summed E-state index contributed by atoms with van der Waals surface area (Å²) in [6.07, 6.45) is 0.960. The van der Waals surface area contributed by atoms with Crippen molar-refractivity contribution in [3.63, 3.8) is 0 Å². The molecule has 7 nitrogen and oxygen atoms in total. The van der Waals surface area contributed by atoms with Crippen LogP contribution in [0.25, 0.3) is 21.7 Å². The Kier molecular flexibility index (Phi) is 7.80. The van der Waals surface area contributed by atoms with Gasteiger partial charge in [0.2, 0.25) is 0 Å². The van der Waals surface area contributed by atoms with E-state index >= 15 is 0 Å². The van der Waals surface area contributed by atoms with E-state index in [1.165, 1.54) is 13.2 Å². The summed E-state index contributed by atoms with van der Waals surface area (Å²) in [5.74, 6) is 0.671. The lowest BCUT2D eigenvalue weighted by Gasteiger charge is -2.40. The molecule has 1 aliphatic rings. The first-order valence-corrected chi connectivity index (χ1v) is 12.5. The molecule has 0 radical (unpaired) electrons. The monoisotopic (exact) mass is 526 g/mol. The van der Waals surface area contributed by atoms with Crippen LogP contribution in [0.1, 0.15) is 18.4 Å². The predicted octanol–water partition coefficient (Wildman–Crippen LogP) is 5.47.